The molecular weight excluding hydrogens is 214 g/mol. The Hall–Kier alpha value is -0.860. The maximum absolute atomic E-state index is 12.0. The minimum Gasteiger partial charge on any atom is -0.350 e. The van der Waals surface area contributed by atoms with Crippen LogP contribution in [0.5, 0.6) is 0 Å². The first kappa shape index (κ1) is 16.1. The lowest BCUT2D eigenvalue weighted by Crippen LogP contribution is -2.50. The Morgan fingerprint density at radius 1 is 0.824 bits per heavy atom. The molecule has 0 bridgehead atoms. The van der Waals surface area contributed by atoms with Crippen LogP contribution in [0.4, 0.5) is 0 Å². The van der Waals surface area contributed by atoms with E-state index >= 15 is 0 Å². The molecule has 1 N–H and O–H groups in total. The Kier molecular flexibility index (Phi) is 4.55. The third-order valence-corrected chi connectivity index (χ3v) is 2.57. The quantitative estimate of drug-likeness (QED) is 0.825. The summed E-state index contributed by atoms with van der Waals surface area (Å²) in [7, 11) is 0. The molecular formula is C14H27NO2. The maximum atomic E-state index is 12.0. The van der Waals surface area contributed by atoms with Crippen LogP contribution < -0.4 is 5.32 Å². The van der Waals surface area contributed by atoms with E-state index in [9.17, 15) is 9.59 Å². The van der Waals surface area contributed by atoms with E-state index in [2.05, 4.69) is 5.32 Å². The van der Waals surface area contributed by atoms with Gasteiger partial charge in [0.1, 0.15) is 5.78 Å². The van der Waals surface area contributed by atoms with Crippen molar-refractivity contribution in [1.29, 1.82) is 0 Å². The van der Waals surface area contributed by atoms with Gasteiger partial charge in [-0.15, -0.1) is 0 Å². The van der Waals surface area contributed by atoms with Crippen molar-refractivity contribution in [1.82, 2.24) is 5.32 Å². The van der Waals surface area contributed by atoms with Gasteiger partial charge in [-0.1, -0.05) is 41.5 Å². The third-order valence-electron chi connectivity index (χ3n) is 2.57. The molecule has 0 saturated carbocycles. The summed E-state index contributed by atoms with van der Waals surface area (Å²) in [5.41, 5.74) is -1.28. The van der Waals surface area contributed by atoms with Crippen LogP contribution in [0.3, 0.4) is 0 Å². The monoisotopic (exact) mass is 241 g/mol. The summed E-state index contributed by atoms with van der Waals surface area (Å²) < 4.78 is 0. The molecule has 0 fully saturated rings. The zero-order valence-electron chi connectivity index (χ0n) is 12.5. The van der Waals surface area contributed by atoms with Gasteiger partial charge < -0.3 is 5.32 Å². The minimum absolute atomic E-state index is 0.0239. The molecule has 0 atom stereocenters. The molecule has 1 amide bonds. The first-order valence-electron chi connectivity index (χ1n) is 6.12. The van der Waals surface area contributed by atoms with E-state index in [-0.39, 0.29) is 17.1 Å². The zero-order chi connectivity index (χ0) is 14.1. The Bertz CT molecular complexity index is 273. The molecule has 0 unspecified atom stereocenters. The van der Waals surface area contributed by atoms with Gasteiger partial charge in [0.2, 0.25) is 5.91 Å². The van der Waals surface area contributed by atoms with Crippen LogP contribution in [0.1, 0.15) is 61.8 Å². The lowest BCUT2D eigenvalue weighted by atomic mass is 9.82. The van der Waals surface area contributed by atoms with Crippen molar-refractivity contribution < 1.29 is 9.59 Å². The number of hydrogen-bond donors (Lipinski definition) is 1. The van der Waals surface area contributed by atoms with E-state index < -0.39 is 11.0 Å². The molecule has 0 aliphatic rings. The van der Waals surface area contributed by atoms with E-state index in [0.29, 0.717) is 6.42 Å². The summed E-state index contributed by atoms with van der Waals surface area (Å²) in [6.45, 7) is 15.1. The van der Waals surface area contributed by atoms with Crippen molar-refractivity contribution in [3.05, 3.63) is 0 Å². The predicted octanol–water partition coefficient (Wildman–Crippen LogP) is 2.93. The lowest BCUT2D eigenvalue weighted by Gasteiger charge is -2.32. The Morgan fingerprint density at radius 3 is 1.53 bits per heavy atom. The molecule has 0 aromatic carbocycles. The van der Waals surface area contributed by atoms with E-state index in [1.165, 1.54) is 0 Å². The molecule has 0 rings (SSSR count). The summed E-state index contributed by atoms with van der Waals surface area (Å²) in [5.74, 6) is 0.140. The minimum atomic E-state index is -0.491. The van der Waals surface area contributed by atoms with Gasteiger partial charge in [-0.05, 0) is 13.8 Å². The van der Waals surface area contributed by atoms with Crippen molar-refractivity contribution >= 4 is 11.7 Å². The predicted molar refractivity (Wildman–Crippen MR) is 70.8 cm³/mol. The highest BCUT2D eigenvalue weighted by molar-refractivity contribution is 5.86. The fraction of sp³-hybridized carbons (Fsp3) is 0.857. The van der Waals surface area contributed by atoms with E-state index in [1.54, 1.807) is 0 Å². The number of carbonyl (C=O) groups excluding carboxylic acids is 2. The molecule has 0 saturated heterocycles. The van der Waals surface area contributed by atoms with Crippen LogP contribution in [0.15, 0.2) is 0 Å². The summed E-state index contributed by atoms with van der Waals surface area (Å²) in [4.78, 5) is 23.8. The van der Waals surface area contributed by atoms with Crippen molar-refractivity contribution in [3.63, 3.8) is 0 Å². The number of amides is 1. The van der Waals surface area contributed by atoms with Gasteiger partial charge in [0.15, 0.2) is 0 Å². The van der Waals surface area contributed by atoms with Gasteiger partial charge in [0, 0.05) is 22.8 Å². The summed E-state index contributed by atoms with van der Waals surface area (Å²) in [6, 6.07) is 0. The van der Waals surface area contributed by atoms with Crippen molar-refractivity contribution in [3.8, 4) is 0 Å². The van der Waals surface area contributed by atoms with Crippen LogP contribution in [0.25, 0.3) is 0 Å². The molecule has 0 radical (unpaired) electrons. The molecule has 0 aliphatic carbocycles. The average molecular weight is 241 g/mol. The van der Waals surface area contributed by atoms with Gasteiger partial charge in [-0.25, -0.2) is 0 Å². The van der Waals surface area contributed by atoms with Crippen LogP contribution >= 0.6 is 0 Å². The molecule has 0 spiro atoms. The second-order valence-corrected chi connectivity index (χ2v) is 7.44. The normalized spacial score (nSPS) is 13.4. The topological polar surface area (TPSA) is 46.2 Å². The fourth-order valence-corrected chi connectivity index (χ4v) is 1.21. The maximum Gasteiger partial charge on any atom is 0.225 e. The van der Waals surface area contributed by atoms with Gasteiger partial charge in [-0.3, -0.25) is 9.59 Å². The summed E-state index contributed by atoms with van der Waals surface area (Å²) >= 11 is 0. The Balaban J connectivity index is 4.62. The zero-order valence-corrected chi connectivity index (χ0v) is 12.5. The standard InChI is InChI=1S/C14H27NO2/c1-12(2,3)10(16)9-14(7,8)15-11(17)13(4,5)6/h9H2,1-8H3,(H,15,17). The first-order valence-corrected chi connectivity index (χ1v) is 6.12. The van der Waals surface area contributed by atoms with E-state index in [4.69, 9.17) is 0 Å². The van der Waals surface area contributed by atoms with Crippen LogP contribution in [0, 0.1) is 10.8 Å². The van der Waals surface area contributed by atoms with Gasteiger partial charge >= 0.3 is 0 Å². The van der Waals surface area contributed by atoms with Gasteiger partial charge in [0.25, 0.3) is 0 Å². The number of Topliss-reactive ketones (excluding diaryl/α,β-unsaturated/α-hetero) is 1. The van der Waals surface area contributed by atoms with Gasteiger partial charge in [-0.2, -0.15) is 0 Å². The second-order valence-electron chi connectivity index (χ2n) is 7.44. The highest BCUT2D eigenvalue weighted by Gasteiger charge is 2.32. The molecule has 0 aromatic heterocycles. The van der Waals surface area contributed by atoms with E-state index in [1.807, 2.05) is 55.4 Å². The molecule has 17 heavy (non-hydrogen) atoms. The average Bonchev–Trinajstić information content (AvgIpc) is 1.97. The smallest absolute Gasteiger partial charge is 0.225 e. The molecule has 3 nitrogen and oxygen atoms in total. The van der Waals surface area contributed by atoms with Crippen LogP contribution in [0.2, 0.25) is 0 Å². The van der Waals surface area contributed by atoms with Crippen molar-refractivity contribution in [2.24, 2.45) is 10.8 Å². The highest BCUT2D eigenvalue weighted by atomic mass is 16.2. The number of carbonyl (C=O) groups is 2. The Labute approximate surface area is 105 Å². The molecule has 0 aromatic rings. The fourth-order valence-electron chi connectivity index (χ4n) is 1.21. The molecule has 100 valence electrons. The third kappa shape index (κ3) is 5.85. The van der Waals surface area contributed by atoms with Crippen LogP contribution in [-0.4, -0.2) is 17.2 Å². The number of ketones is 1. The first-order chi connectivity index (χ1) is 7.26. The van der Waals surface area contributed by atoms with Crippen molar-refractivity contribution in [2.75, 3.05) is 0 Å². The second kappa shape index (κ2) is 4.79. The van der Waals surface area contributed by atoms with Crippen LogP contribution in [-0.2, 0) is 9.59 Å². The number of rotatable bonds is 3. The summed E-state index contributed by atoms with van der Waals surface area (Å²) in [5, 5.41) is 2.94. The van der Waals surface area contributed by atoms with Crippen molar-refractivity contribution in [2.45, 2.75) is 67.3 Å². The SMILES string of the molecule is CC(C)(CC(=O)C(C)(C)C)NC(=O)C(C)(C)C. The van der Waals surface area contributed by atoms with Gasteiger partial charge in [0.05, 0.1) is 0 Å². The number of nitrogens with one attached hydrogen (secondary N) is 1. The highest BCUT2D eigenvalue weighted by Crippen LogP contribution is 2.23. The largest absolute Gasteiger partial charge is 0.350 e. The molecule has 0 heterocycles. The van der Waals surface area contributed by atoms with E-state index in [0.717, 1.165) is 0 Å². The Morgan fingerprint density at radius 2 is 1.24 bits per heavy atom. The number of hydrogen-bond acceptors (Lipinski definition) is 2. The lowest BCUT2D eigenvalue weighted by molar-refractivity contribution is -0.132. The molecule has 3 heteroatoms. The molecule has 0 aliphatic heterocycles. The summed E-state index contributed by atoms with van der Waals surface area (Å²) in [6.07, 6.45) is 0.359.